The van der Waals surface area contributed by atoms with Gasteiger partial charge in [-0.3, -0.25) is 9.69 Å². The molecule has 1 amide bonds. The Bertz CT molecular complexity index is 908. The summed E-state index contributed by atoms with van der Waals surface area (Å²) in [5, 5.41) is 3.17. The second kappa shape index (κ2) is 10.2. The predicted molar refractivity (Wildman–Crippen MR) is 120 cm³/mol. The molecule has 166 valence electrons. The Kier molecular flexibility index (Phi) is 7.10. The normalized spacial score (nSPS) is 17.5. The van der Waals surface area contributed by atoms with Gasteiger partial charge in [-0.2, -0.15) is 0 Å². The number of benzene rings is 2. The molecular weight excluding hydrogens is 392 g/mol. The molecule has 0 bridgehead atoms. The van der Waals surface area contributed by atoms with Gasteiger partial charge in [-0.05, 0) is 66.6 Å². The van der Waals surface area contributed by atoms with Crippen molar-refractivity contribution >= 4 is 5.91 Å². The number of morpholine rings is 1. The number of rotatable bonds is 7. The zero-order valence-corrected chi connectivity index (χ0v) is 18.5. The maximum absolute atomic E-state index is 13.0. The van der Waals surface area contributed by atoms with E-state index in [1.807, 2.05) is 24.3 Å². The van der Waals surface area contributed by atoms with Crippen molar-refractivity contribution in [3.8, 4) is 11.5 Å². The molecule has 31 heavy (non-hydrogen) atoms. The number of nitrogens with zero attached hydrogens (tertiary/aromatic N) is 1. The van der Waals surface area contributed by atoms with Crippen molar-refractivity contribution in [1.82, 2.24) is 10.2 Å². The number of fused-ring (bicyclic) bond motifs is 1. The molecule has 1 unspecified atom stereocenters. The van der Waals surface area contributed by atoms with E-state index >= 15 is 0 Å². The molecule has 2 aliphatic rings. The first-order valence-corrected chi connectivity index (χ1v) is 11.1. The Labute approximate surface area is 184 Å². The molecule has 1 heterocycles. The van der Waals surface area contributed by atoms with Crippen molar-refractivity contribution in [3.05, 3.63) is 58.7 Å². The first-order chi connectivity index (χ1) is 15.2. The molecule has 4 rings (SSSR count). The summed E-state index contributed by atoms with van der Waals surface area (Å²) in [4.78, 5) is 15.3. The van der Waals surface area contributed by atoms with Gasteiger partial charge in [-0.1, -0.05) is 12.1 Å². The van der Waals surface area contributed by atoms with E-state index in [0.29, 0.717) is 31.3 Å². The van der Waals surface area contributed by atoms with Gasteiger partial charge >= 0.3 is 0 Å². The minimum Gasteiger partial charge on any atom is -0.493 e. The highest BCUT2D eigenvalue weighted by Gasteiger charge is 2.25. The van der Waals surface area contributed by atoms with Gasteiger partial charge in [-0.15, -0.1) is 0 Å². The number of hydrogen-bond acceptors (Lipinski definition) is 5. The summed E-state index contributed by atoms with van der Waals surface area (Å²) in [5.41, 5.74) is 4.54. The summed E-state index contributed by atoms with van der Waals surface area (Å²) in [6.45, 7) is 3.57. The summed E-state index contributed by atoms with van der Waals surface area (Å²) in [5.74, 6) is 1.37. The predicted octanol–water partition coefficient (Wildman–Crippen LogP) is 3.39. The van der Waals surface area contributed by atoms with E-state index in [4.69, 9.17) is 14.2 Å². The van der Waals surface area contributed by atoms with E-state index < -0.39 is 0 Å². The first kappa shape index (κ1) is 21.7. The molecule has 1 aliphatic heterocycles. The minimum atomic E-state index is -0.0212. The van der Waals surface area contributed by atoms with Crippen LogP contribution in [0.25, 0.3) is 0 Å². The zero-order valence-electron chi connectivity index (χ0n) is 18.5. The molecule has 6 heteroatoms. The van der Waals surface area contributed by atoms with Gasteiger partial charge in [-0.25, -0.2) is 0 Å². The fourth-order valence-corrected chi connectivity index (χ4v) is 4.57. The molecular formula is C25H32N2O4. The molecule has 0 radical (unpaired) electrons. The van der Waals surface area contributed by atoms with Gasteiger partial charge < -0.3 is 19.5 Å². The number of hydrogen-bond donors (Lipinski definition) is 1. The topological polar surface area (TPSA) is 60.0 Å². The number of ether oxygens (including phenoxy) is 3. The average Bonchev–Trinajstić information content (AvgIpc) is 2.84. The van der Waals surface area contributed by atoms with Crippen molar-refractivity contribution < 1.29 is 19.0 Å². The maximum Gasteiger partial charge on any atom is 0.251 e. The monoisotopic (exact) mass is 424 g/mol. The van der Waals surface area contributed by atoms with Gasteiger partial charge in [0.15, 0.2) is 11.5 Å². The van der Waals surface area contributed by atoms with Crippen molar-refractivity contribution in [2.45, 2.75) is 31.7 Å². The molecule has 0 spiro atoms. The Morgan fingerprint density at radius 1 is 1.00 bits per heavy atom. The van der Waals surface area contributed by atoms with Crippen LogP contribution in [0.1, 0.15) is 45.9 Å². The third kappa shape index (κ3) is 5.02. The highest BCUT2D eigenvalue weighted by atomic mass is 16.5. The molecule has 0 saturated carbocycles. The van der Waals surface area contributed by atoms with Crippen LogP contribution in [0, 0.1) is 0 Å². The van der Waals surface area contributed by atoms with Gasteiger partial charge in [0.05, 0.1) is 33.5 Å². The van der Waals surface area contributed by atoms with E-state index in [9.17, 15) is 4.79 Å². The van der Waals surface area contributed by atoms with Crippen molar-refractivity contribution in [1.29, 1.82) is 0 Å². The van der Waals surface area contributed by atoms with E-state index in [1.54, 1.807) is 14.2 Å². The largest absolute Gasteiger partial charge is 0.493 e. The Balaban J connectivity index is 1.52. The van der Waals surface area contributed by atoms with E-state index in [0.717, 1.165) is 37.1 Å². The number of nitrogens with one attached hydrogen (secondary N) is 1. The summed E-state index contributed by atoms with van der Waals surface area (Å²) >= 11 is 0. The summed E-state index contributed by atoms with van der Waals surface area (Å²) in [7, 11) is 3.28. The van der Waals surface area contributed by atoms with Crippen LogP contribution in [0.15, 0.2) is 36.4 Å². The van der Waals surface area contributed by atoms with Gasteiger partial charge in [0.25, 0.3) is 5.91 Å². The molecule has 1 N–H and O–H groups in total. The van der Waals surface area contributed by atoms with Crippen LogP contribution in [-0.4, -0.2) is 57.9 Å². The summed E-state index contributed by atoms with van der Waals surface area (Å²) in [6.07, 6.45) is 4.63. The first-order valence-electron chi connectivity index (χ1n) is 11.1. The number of aryl methyl sites for hydroxylation is 2. The highest BCUT2D eigenvalue weighted by Crippen LogP contribution is 2.32. The third-order valence-corrected chi connectivity index (χ3v) is 6.35. The van der Waals surface area contributed by atoms with Gasteiger partial charge in [0, 0.05) is 25.2 Å². The third-order valence-electron chi connectivity index (χ3n) is 6.35. The molecule has 1 saturated heterocycles. The van der Waals surface area contributed by atoms with Crippen LogP contribution in [0.4, 0.5) is 0 Å². The van der Waals surface area contributed by atoms with E-state index in [1.165, 1.54) is 24.0 Å². The van der Waals surface area contributed by atoms with Crippen LogP contribution >= 0.6 is 0 Å². The van der Waals surface area contributed by atoms with Crippen LogP contribution < -0.4 is 14.8 Å². The molecule has 6 nitrogen and oxygen atoms in total. The fourth-order valence-electron chi connectivity index (χ4n) is 4.57. The van der Waals surface area contributed by atoms with Crippen LogP contribution in [0.2, 0.25) is 0 Å². The summed E-state index contributed by atoms with van der Waals surface area (Å²) < 4.78 is 16.4. The lowest BCUT2D eigenvalue weighted by Gasteiger charge is -2.35. The zero-order chi connectivity index (χ0) is 21.6. The highest BCUT2D eigenvalue weighted by molar-refractivity contribution is 5.94. The Hall–Kier alpha value is -2.57. The lowest BCUT2D eigenvalue weighted by molar-refractivity contribution is 0.0162. The quantitative estimate of drug-likeness (QED) is 0.738. The van der Waals surface area contributed by atoms with Crippen LogP contribution in [-0.2, 0) is 17.6 Å². The lowest BCUT2D eigenvalue weighted by atomic mass is 9.90. The standard InChI is InChI=1S/C25H32N2O4/c1-29-23-10-9-20(16-24(23)30-2)22(27-11-13-31-14-12-27)17-26-25(28)21-8-7-18-5-3-4-6-19(18)15-21/h7-10,15-16,22H,3-6,11-14,17H2,1-2H3,(H,26,28). The molecule has 1 aliphatic carbocycles. The van der Waals surface area contributed by atoms with Crippen molar-refractivity contribution in [2.75, 3.05) is 47.1 Å². The van der Waals surface area contributed by atoms with E-state index in [-0.39, 0.29) is 11.9 Å². The number of amides is 1. The lowest BCUT2D eigenvalue weighted by Crippen LogP contribution is -2.43. The minimum absolute atomic E-state index is 0.0212. The van der Waals surface area contributed by atoms with Crippen molar-refractivity contribution in [3.63, 3.8) is 0 Å². The number of methoxy groups -OCH3 is 2. The number of carbonyl (C=O) groups is 1. The summed E-state index contributed by atoms with van der Waals surface area (Å²) in [6, 6.07) is 12.2. The smallest absolute Gasteiger partial charge is 0.251 e. The van der Waals surface area contributed by atoms with E-state index in [2.05, 4.69) is 22.3 Å². The van der Waals surface area contributed by atoms with Crippen LogP contribution in [0.5, 0.6) is 11.5 Å². The second-order valence-corrected chi connectivity index (χ2v) is 8.18. The second-order valence-electron chi connectivity index (χ2n) is 8.18. The maximum atomic E-state index is 13.0. The molecule has 0 aromatic heterocycles. The van der Waals surface area contributed by atoms with Crippen LogP contribution in [0.3, 0.4) is 0 Å². The SMILES string of the molecule is COc1ccc(C(CNC(=O)c2ccc3c(c2)CCCC3)N2CCOCC2)cc1OC. The van der Waals surface area contributed by atoms with Crippen molar-refractivity contribution in [2.24, 2.45) is 0 Å². The average molecular weight is 425 g/mol. The van der Waals surface area contributed by atoms with Gasteiger partial charge in [0.1, 0.15) is 0 Å². The Morgan fingerprint density at radius 3 is 2.48 bits per heavy atom. The van der Waals surface area contributed by atoms with Gasteiger partial charge in [0.2, 0.25) is 0 Å². The molecule has 1 atom stereocenters. The molecule has 1 fully saturated rings. The molecule has 2 aromatic rings. The Morgan fingerprint density at radius 2 is 1.74 bits per heavy atom. The molecule has 2 aromatic carbocycles. The fraction of sp³-hybridized carbons (Fsp3) is 0.480. The number of carbonyl (C=O) groups excluding carboxylic acids is 1.